The zero-order chi connectivity index (χ0) is 22.9. The second-order valence-electron chi connectivity index (χ2n) is 6.31. The Bertz CT molecular complexity index is 1160. The van der Waals surface area contributed by atoms with Crippen molar-refractivity contribution >= 4 is 35.4 Å². The summed E-state index contributed by atoms with van der Waals surface area (Å²) in [6, 6.07) is 18.2. The van der Waals surface area contributed by atoms with Crippen molar-refractivity contribution in [2.24, 2.45) is 5.10 Å². The van der Waals surface area contributed by atoms with E-state index in [1.54, 1.807) is 42.5 Å². The molecule has 0 unspecified atom stereocenters. The smallest absolute Gasteiger partial charge is 0.343 e. The predicted molar refractivity (Wildman–Crippen MR) is 117 cm³/mol. The number of carbonyl (C=O) groups is 2. The molecule has 0 aliphatic rings. The first kappa shape index (κ1) is 22.4. The number of nitrogens with zero attached hydrogens (tertiary/aromatic N) is 2. The molecule has 0 aliphatic heterocycles. The van der Waals surface area contributed by atoms with Crippen molar-refractivity contribution in [3.05, 3.63) is 99.1 Å². The molecule has 3 rings (SSSR count). The number of amides is 1. The lowest BCUT2D eigenvalue weighted by atomic mass is 10.2. The Balaban J connectivity index is 1.53. The molecule has 0 spiro atoms. The average Bonchev–Trinajstić information content (AvgIpc) is 2.79. The van der Waals surface area contributed by atoms with Crippen molar-refractivity contribution in [3.8, 4) is 11.5 Å². The summed E-state index contributed by atoms with van der Waals surface area (Å²) < 4.78 is 10.6. The quantitative estimate of drug-likeness (QED) is 0.181. The van der Waals surface area contributed by atoms with Gasteiger partial charge < -0.3 is 9.47 Å². The molecular weight excluding hydrogens is 438 g/mol. The number of benzene rings is 3. The highest BCUT2D eigenvalue weighted by molar-refractivity contribution is 6.30. The highest BCUT2D eigenvalue weighted by atomic mass is 35.5. The van der Waals surface area contributed by atoms with Gasteiger partial charge in [0.25, 0.3) is 11.6 Å². The predicted octanol–water partition coefficient (Wildman–Crippen LogP) is 4.00. The summed E-state index contributed by atoms with van der Waals surface area (Å²) in [7, 11) is 0. The molecule has 0 radical (unpaired) electrons. The third-order valence-corrected chi connectivity index (χ3v) is 4.20. The fraction of sp³-hybridized carbons (Fsp3) is 0.0455. The largest absolute Gasteiger partial charge is 0.484 e. The zero-order valence-electron chi connectivity index (χ0n) is 16.4. The van der Waals surface area contributed by atoms with Crippen LogP contribution in [0.25, 0.3) is 0 Å². The molecule has 3 aromatic rings. The maximum absolute atomic E-state index is 12.3. The van der Waals surface area contributed by atoms with Crippen molar-refractivity contribution < 1.29 is 24.0 Å². The van der Waals surface area contributed by atoms with E-state index < -0.39 is 16.8 Å². The monoisotopic (exact) mass is 453 g/mol. The number of rotatable bonds is 8. The summed E-state index contributed by atoms with van der Waals surface area (Å²) in [6.45, 7) is -0.236. The van der Waals surface area contributed by atoms with Crippen LogP contribution in [-0.4, -0.2) is 29.6 Å². The van der Waals surface area contributed by atoms with E-state index in [4.69, 9.17) is 21.1 Å². The van der Waals surface area contributed by atoms with E-state index in [9.17, 15) is 19.7 Å². The van der Waals surface area contributed by atoms with Gasteiger partial charge in [-0.05, 0) is 48.0 Å². The molecule has 1 amide bonds. The number of nitro groups is 1. The number of carbonyl (C=O) groups excluding carboxylic acids is 2. The lowest BCUT2D eigenvalue weighted by molar-refractivity contribution is -0.384. The fourth-order valence-electron chi connectivity index (χ4n) is 2.46. The standard InChI is InChI=1S/C22H16ClN3O6/c23-17-7-9-19(10-8-17)31-14-21(27)25-24-13-15-3-1-6-20(11-15)32-22(28)16-4-2-5-18(12-16)26(29)30/h1-13H,14H2,(H,25,27). The Hall–Kier alpha value is -4.24. The van der Waals surface area contributed by atoms with Crippen LogP contribution < -0.4 is 14.9 Å². The van der Waals surface area contributed by atoms with Crippen molar-refractivity contribution in [3.63, 3.8) is 0 Å². The van der Waals surface area contributed by atoms with E-state index in [1.807, 2.05) is 0 Å². The molecule has 0 bridgehead atoms. The van der Waals surface area contributed by atoms with Crippen LogP contribution in [0.3, 0.4) is 0 Å². The normalized spacial score (nSPS) is 10.5. The zero-order valence-corrected chi connectivity index (χ0v) is 17.2. The van der Waals surface area contributed by atoms with E-state index in [1.165, 1.54) is 30.5 Å². The summed E-state index contributed by atoms with van der Waals surface area (Å²) in [5, 5.41) is 15.2. The average molecular weight is 454 g/mol. The van der Waals surface area contributed by atoms with Crippen molar-refractivity contribution in [1.82, 2.24) is 5.43 Å². The van der Waals surface area contributed by atoms with Crippen molar-refractivity contribution in [1.29, 1.82) is 0 Å². The van der Waals surface area contributed by atoms with Crippen LogP contribution >= 0.6 is 11.6 Å². The summed E-state index contributed by atoms with van der Waals surface area (Å²) >= 11 is 5.78. The number of ether oxygens (including phenoxy) is 2. The number of hydrazone groups is 1. The van der Waals surface area contributed by atoms with Gasteiger partial charge in [0.15, 0.2) is 6.61 Å². The van der Waals surface area contributed by atoms with Crippen molar-refractivity contribution in [2.45, 2.75) is 0 Å². The molecule has 0 saturated carbocycles. The van der Waals surface area contributed by atoms with Gasteiger partial charge in [-0.25, -0.2) is 10.2 Å². The molecule has 32 heavy (non-hydrogen) atoms. The first-order valence-corrected chi connectivity index (χ1v) is 9.55. The Labute approximate surface area is 187 Å². The summed E-state index contributed by atoms with van der Waals surface area (Å²) in [4.78, 5) is 34.3. The minimum absolute atomic E-state index is 0.0474. The first-order valence-electron chi connectivity index (χ1n) is 9.18. The van der Waals surface area contributed by atoms with E-state index in [2.05, 4.69) is 10.5 Å². The SMILES string of the molecule is O=C(COc1ccc(Cl)cc1)NN=Cc1cccc(OC(=O)c2cccc([N+](=O)[O-])c2)c1. The van der Waals surface area contributed by atoms with Crippen LogP contribution in [0.1, 0.15) is 15.9 Å². The Morgan fingerprint density at radius 1 is 1.03 bits per heavy atom. The molecule has 0 fully saturated rings. The number of non-ortho nitro benzene ring substituents is 1. The lowest BCUT2D eigenvalue weighted by Gasteiger charge is -2.06. The van der Waals surface area contributed by atoms with Crippen molar-refractivity contribution in [2.75, 3.05) is 6.61 Å². The minimum Gasteiger partial charge on any atom is -0.484 e. The molecule has 0 atom stereocenters. The van der Waals surface area contributed by atoms with E-state index >= 15 is 0 Å². The third-order valence-electron chi connectivity index (χ3n) is 3.95. The van der Waals surface area contributed by atoms with Gasteiger partial charge in [-0.15, -0.1) is 0 Å². The highest BCUT2D eigenvalue weighted by Gasteiger charge is 2.13. The van der Waals surface area contributed by atoms with Crippen LogP contribution in [0.2, 0.25) is 5.02 Å². The second-order valence-corrected chi connectivity index (χ2v) is 6.74. The van der Waals surface area contributed by atoms with Gasteiger partial charge in [-0.1, -0.05) is 29.8 Å². The first-order chi connectivity index (χ1) is 15.4. The number of hydrogen-bond donors (Lipinski definition) is 1. The maximum atomic E-state index is 12.3. The van der Waals surface area contributed by atoms with Gasteiger partial charge in [0, 0.05) is 17.2 Å². The molecular formula is C22H16ClN3O6. The topological polar surface area (TPSA) is 120 Å². The lowest BCUT2D eigenvalue weighted by Crippen LogP contribution is -2.24. The molecule has 0 saturated heterocycles. The van der Waals surface area contributed by atoms with Crippen LogP contribution in [0.4, 0.5) is 5.69 Å². The van der Waals surface area contributed by atoms with E-state index in [0.29, 0.717) is 16.3 Å². The second kappa shape index (κ2) is 10.7. The van der Waals surface area contributed by atoms with Gasteiger partial charge in [0.2, 0.25) is 0 Å². The van der Waals surface area contributed by atoms with Crippen LogP contribution in [-0.2, 0) is 4.79 Å². The summed E-state index contributed by atoms with van der Waals surface area (Å²) in [5.74, 6) is -0.505. The minimum atomic E-state index is -0.740. The van der Waals surface area contributed by atoms with E-state index in [-0.39, 0.29) is 23.6 Å². The van der Waals surface area contributed by atoms with Crippen LogP contribution in [0.15, 0.2) is 77.9 Å². The molecule has 0 aromatic heterocycles. The Morgan fingerprint density at radius 3 is 2.53 bits per heavy atom. The fourth-order valence-corrected chi connectivity index (χ4v) is 2.59. The number of nitrogens with one attached hydrogen (secondary N) is 1. The Kier molecular flexibility index (Phi) is 7.50. The molecule has 9 nitrogen and oxygen atoms in total. The van der Waals surface area contributed by atoms with Gasteiger partial charge in [0.1, 0.15) is 11.5 Å². The van der Waals surface area contributed by atoms with E-state index in [0.717, 1.165) is 6.07 Å². The van der Waals surface area contributed by atoms with Gasteiger partial charge in [-0.3, -0.25) is 14.9 Å². The molecule has 162 valence electrons. The van der Waals surface area contributed by atoms with Crippen LogP contribution in [0, 0.1) is 10.1 Å². The van der Waals surface area contributed by atoms with Crippen LogP contribution in [0.5, 0.6) is 11.5 Å². The third kappa shape index (κ3) is 6.64. The molecule has 1 N–H and O–H groups in total. The van der Waals surface area contributed by atoms with Gasteiger partial charge in [-0.2, -0.15) is 5.10 Å². The molecule has 3 aromatic carbocycles. The summed E-state index contributed by atoms with van der Waals surface area (Å²) in [6.07, 6.45) is 1.37. The molecule has 0 heterocycles. The number of nitro benzene ring substituents is 1. The number of halogens is 1. The van der Waals surface area contributed by atoms with Gasteiger partial charge in [0.05, 0.1) is 16.7 Å². The Morgan fingerprint density at radius 2 is 1.78 bits per heavy atom. The summed E-state index contributed by atoms with van der Waals surface area (Å²) in [5.41, 5.74) is 2.71. The number of esters is 1. The molecule has 0 aliphatic carbocycles. The number of hydrogen-bond acceptors (Lipinski definition) is 7. The molecule has 10 heteroatoms. The van der Waals surface area contributed by atoms with Gasteiger partial charge >= 0.3 is 5.97 Å². The maximum Gasteiger partial charge on any atom is 0.343 e. The highest BCUT2D eigenvalue weighted by Crippen LogP contribution is 2.18.